The molecule has 2 aromatic carbocycles. The smallest absolute Gasteiger partial charge is 0.127 e. The van der Waals surface area contributed by atoms with Crippen molar-refractivity contribution < 1.29 is 9.47 Å². The zero-order chi connectivity index (χ0) is 11.9. The molecular formula is C14H12BrO2. The fourth-order valence-corrected chi connectivity index (χ4v) is 1.50. The molecule has 87 valence electrons. The van der Waals surface area contributed by atoms with E-state index in [4.69, 9.17) is 9.47 Å². The second-order valence-corrected chi connectivity index (χ2v) is 4.14. The normalized spacial score (nSPS) is 9.94. The van der Waals surface area contributed by atoms with Gasteiger partial charge in [-0.15, -0.1) is 0 Å². The molecule has 0 aliphatic carbocycles. The molecular weight excluding hydrogens is 280 g/mol. The van der Waals surface area contributed by atoms with Gasteiger partial charge in [-0.25, -0.2) is 0 Å². The molecule has 1 radical (unpaired) electrons. The molecule has 0 fully saturated rings. The van der Waals surface area contributed by atoms with Crippen molar-refractivity contribution in [3.8, 4) is 17.2 Å². The summed E-state index contributed by atoms with van der Waals surface area (Å²) in [5.41, 5.74) is 0. The minimum Gasteiger partial charge on any atom is -0.493 e. The molecule has 0 heterocycles. The van der Waals surface area contributed by atoms with Crippen molar-refractivity contribution in [1.29, 1.82) is 0 Å². The van der Waals surface area contributed by atoms with E-state index in [1.807, 2.05) is 48.5 Å². The first-order valence-electron chi connectivity index (χ1n) is 5.31. The van der Waals surface area contributed by atoms with Crippen LogP contribution in [0.3, 0.4) is 0 Å². The lowest BCUT2D eigenvalue weighted by Crippen LogP contribution is -1.97. The molecule has 0 spiro atoms. The van der Waals surface area contributed by atoms with Crippen molar-refractivity contribution in [2.24, 2.45) is 0 Å². The van der Waals surface area contributed by atoms with E-state index in [0.717, 1.165) is 22.6 Å². The number of ether oxygens (including phenoxy) is 2. The van der Waals surface area contributed by atoms with Gasteiger partial charge in [0.15, 0.2) is 0 Å². The van der Waals surface area contributed by atoms with Gasteiger partial charge >= 0.3 is 0 Å². The first kappa shape index (κ1) is 12.0. The Labute approximate surface area is 109 Å². The Hall–Kier alpha value is -1.48. The summed E-state index contributed by atoms with van der Waals surface area (Å²) in [5, 5.41) is 0.825. The molecule has 3 heteroatoms. The van der Waals surface area contributed by atoms with Gasteiger partial charge in [0.05, 0.1) is 6.61 Å². The molecule has 0 saturated carbocycles. The molecule has 2 nitrogen and oxygen atoms in total. The Morgan fingerprint density at radius 2 is 1.47 bits per heavy atom. The van der Waals surface area contributed by atoms with Crippen LogP contribution in [0.5, 0.6) is 17.2 Å². The van der Waals surface area contributed by atoms with Gasteiger partial charge in [-0.2, -0.15) is 0 Å². The van der Waals surface area contributed by atoms with Crippen LogP contribution in [0, 0.1) is 6.07 Å². The van der Waals surface area contributed by atoms with E-state index in [9.17, 15) is 0 Å². The van der Waals surface area contributed by atoms with E-state index >= 15 is 0 Å². The summed E-state index contributed by atoms with van der Waals surface area (Å²) in [4.78, 5) is 0. The standard InChI is InChI=1S/C14H12BrO2/c15-10-11-16-12-6-8-14(9-7-12)17-13-4-2-1-3-5-13/h2-9H,10-11H2. The summed E-state index contributed by atoms with van der Waals surface area (Å²) in [6.07, 6.45) is 0. The van der Waals surface area contributed by atoms with Crippen LogP contribution in [-0.4, -0.2) is 11.9 Å². The van der Waals surface area contributed by atoms with Crippen LogP contribution in [0.15, 0.2) is 48.5 Å². The van der Waals surface area contributed by atoms with Crippen LogP contribution in [0.1, 0.15) is 0 Å². The number of benzene rings is 2. The highest BCUT2D eigenvalue weighted by molar-refractivity contribution is 9.09. The third-order valence-electron chi connectivity index (χ3n) is 2.09. The SMILES string of the molecule is BrCCOc1ccc(Oc2cc[c]cc2)cc1. The summed E-state index contributed by atoms with van der Waals surface area (Å²) < 4.78 is 11.1. The van der Waals surface area contributed by atoms with Gasteiger partial charge in [-0.05, 0) is 42.5 Å². The predicted octanol–water partition coefficient (Wildman–Crippen LogP) is 4.05. The maximum atomic E-state index is 5.65. The fourth-order valence-electron chi connectivity index (χ4n) is 1.34. The van der Waals surface area contributed by atoms with Crippen LogP contribution < -0.4 is 9.47 Å². The average Bonchev–Trinajstić information content (AvgIpc) is 2.39. The summed E-state index contributed by atoms with van der Waals surface area (Å²) in [6.45, 7) is 0.661. The zero-order valence-corrected chi connectivity index (χ0v) is 10.8. The lowest BCUT2D eigenvalue weighted by atomic mass is 10.3. The van der Waals surface area contributed by atoms with Gasteiger partial charge in [0.1, 0.15) is 17.2 Å². The summed E-state index contributed by atoms with van der Waals surface area (Å²) in [6, 6.07) is 17.9. The molecule has 0 bridgehead atoms. The van der Waals surface area contributed by atoms with Crippen LogP contribution in [0.4, 0.5) is 0 Å². The number of alkyl halides is 1. The molecule has 0 saturated heterocycles. The number of halogens is 1. The second-order valence-electron chi connectivity index (χ2n) is 3.35. The molecule has 0 aromatic heterocycles. The minimum absolute atomic E-state index is 0.661. The maximum Gasteiger partial charge on any atom is 0.127 e. The summed E-state index contributed by atoms with van der Waals surface area (Å²) >= 11 is 3.31. The molecule has 0 aliphatic rings. The van der Waals surface area contributed by atoms with E-state index < -0.39 is 0 Å². The predicted molar refractivity (Wildman–Crippen MR) is 71.1 cm³/mol. The Balaban J connectivity index is 1.98. The van der Waals surface area contributed by atoms with Crippen molar-refractivity contribution in [1.82, 2.24) is 0 Å². The monoisotopic (exact) mass is 291 g/mol. The highest BCUT2D eigenvalue weighted by atomic mass is 79.9. The van der Waals surface area contributed by atoms with E-state index in [-0.39, 0.29) is 0 Å². The molecule has 2 rings (SSSR count). The Morgan fingerprint density at radius 1 is 0.882 bits per heavy atom. The van der Waals surface area contributed by atoms with E-state index in [1.165, 1.54) is 0 Å². The van der Waals surface area contributed by atoms with E-state index in [0.29, 0.717) is 6.61 Å². The summed E-state index contributed by atoms with van der Waals surface area (Å²) in [7, 11) is 0. The molecule has 0 N–H and O–H groups in total. The average molecular weight is 292 g/mol. The van der Waals surface area contributed by atoms with Gasteiger partial charge in [0.2, 0.25) is 0 Å². The molecule has 0 aliphatic heterocycles. The zero-order valence-electron chi connectivity index (χ0n) is 9.23. The van der Waals surface area contributed by atoms with Crippen molar-refractivity contribution in [2.75, 3.05) is 11.9 Å². The summed E-state index contributed by atoms with van der Waals surface area (Å²) in [5.74, 6) is 2.44. The maximum absolute atomic E-state index is 5.65. The van der Waals surface area contributed by atoms with Gasteiger partial charge in [0, 0.05) is 5.33 Å². The van der Waals surface area contributed by atoms with Crippen molar-refractivity contribution in [3.05, 3.63) is 54.6 Å². The quantitative estimate of drug-likeness (QED) is 0.774. The van der Waals surface area contributed by atoms with Crippen molar-refractivity contribution in [2.45, 2.75) is 0 Å². The molecule has 0 atom stereocenters. The highest BCUT2D eigenvalue weighted by Gasteiger charge is 1.97. The van der Waals surface area contributed by atoms with Gasteiger partial charge < -0.3 is 9.47 Å². The first-order chi connectivity index (χ1) is 8.38. The topological polar surface area (TPSA) is 18.5 Å². The Morgan fingerprint density at radius 3 is 2.12 bits per heavy atom. The minimum atomic E-state index is 0.661. The van der Waals surface area contributed by atoms with Crippen LogP contribution in [0.25, 0.3) is 0 Å². The molecule has 0 amide bonds. The largest absolute Gasteiger partial charge is 0.493 e. The lowest BCUT2D eigenvalue weighted by Gasteiger charge is -2.07. The second kappa shape index (κ2) is 6.30. The first-order valence-corrected chi connectivity index (χ1v) is 6.43. The number of hydrogen-bond donors (Lipinski definition) is 0. The van der Waals surface area contributed by atoms with Crippen LogP contribution in [-0.2, 0) is 0 Å². The van der Waals surface area contributed by atoms with Crippen molar-refractivity contribution >= 4 is 15.9 Å². The highest BCUT2D eigenvalue weighted by Crippen LogP contribution is 2.23. The fraction of sp³-hybridized carbons (Fsp3) is 0.143. The van der Waals surface area contributed by atoms with Crippen LogP contribution in [0.2, 0.25) is 0 Å². The van der Waals surface area contributed by atoms with Gasteiger partial charge in [0.25, 0.3) is 0 Å². The van der Waals surface area contributed by atoms with E-state index in [2.05, 4.69) is 22.0 Å². The van der Waals surface area contributed by atoms with Crippen molar-refractivity contribution in [3.63, 3.8) is 0 Å². The number of hydrogen-bond acceptors (Lipinski definition) is 2. The third kappa shape index (κ3) is 3.79. The van der Waals surface area contributed by atoms with E-state index in [1.54, 1.807) is 0 Å². The Kier molecular flexibility index (Phi) is 4.45. The Bertz CT molecular complexity index is 440. The van der Waals surface area contributed by atoms with Crippen LogP contribution >= 0.6 is 15.9 Å². The van der Waals surface area contributed by atoms with Gasteiger partial charge in [-0.1, -0.05) is 28.1 Å². The third-order valence-corrected chi connectivity index (χ3v) is 2.42. The molecule has 0 unspecified atom stereocenters. The van der Waals surface area contributed by atoms with Gasteiger partial charge in [-0.3, -0.25) is 0 Å². The molecule has 17 heavy (non-hydrogen) atoms. The lowest BCUT2D eigenvalue weighted by molar-refractivity contribution is 0.344. The molecule has 2 aromatic rings. The number of rotatable bonds is 5.